The first-order chi connectivity index (χ1) is 8.58. The van der Waals surface area contributed by atoms with Crippen molar-refractivity contribution in [3.8, 4) is 5.75 Å². The summed E-state index contributed by atoms with van der Waals surface area (Å²) >= 11 is 1.22. The lowest BCUT2D eigenvalue weighted by atomic mass is 10.3. The molecule has 0 aliphatic rings. The van der Waals surface area contributed by atoms with Gasteiger partial charge in [0, 0.05) is 16.6 Å². The van der Waals surface area contributed by atoms with Crippen LogP contribution >= 0.6 is 11.8 Å². The second-order valence-corrected chi connectivity index (χ2v) is 4.51. The Labute approximate surface area is 107 Å². The van der Waals surface area contributed by atoms with Gasteiger partial charge < -0.3 is 21.2 Å². The molecule has 0 amide bonds. The summed E-state index contributed by atoms with van der Waals surface area (Å²) in [6.07, 6.45) is 0. The van der Waals surface area contributed by atoms with Gasteiger partial charge in [0.15, 0.2) is 5.16 Å². The summed E-state index contributed by atoms with van der Waals surface area (Å²) in [5.41, 5.74) is 11.6. The van der Waals surface area contributed by atoms with Crippen LogP contribution in [0.1, 0.15) is 0 Å². The Balaban J connectivity index is 2.36. The van der Waals surface area contributed by atoms with E-state index < -0.39 is 0 Å². The van der Waals surface area contributed by atoms with Crippen LogP contribution in [0.4, 0.5) is 11.5 Å². The number of benzene rings is 1. The molecular weight excluding hydrogens is 252 g/mol. The third-order valence-electron chi connectivity index (χ3n) is 2.17. The second kappa shape index (κ2) is 5.01. The SMILES string of the molecule is COc1ccc(N)c(Sc2nc(N)cc(=O)[nH]2)c1. The van der Waals surface area contributed by atoms with E-state index in [-0.39, 0.29) is 11.4 Å². The number of rotatable bonds is 3. The molecule has 1 aromatic carbocycles. The van der Waals surface area contributed by atoms with Crippen LogP contribution in [-0.2, 0) is 0 Å². The van der Waals surface area contributed by atoms with Crippen molar-refractivity contribution in [2.75, 3.05) is 18.6 Å². The molecule has 1 heterocycles. The number of hydrogen-bond donors (Lipinski definition) is 3. The van der Waals surface area contributed by atoms with Crippen molar-refractivity contribution in [3.63, 3.8) is 0 Å². The van der Waals surface area contributed by atoms with Crippen LogP contribution in [0.15, 0.2) is 39.1 Å². The quantitative estimate of drug-likeness (QED) is 0.566. The molecule has 0 fully saturated rings. The van der Waals surface area contributed by atoms with E-state index in [1.807, 2.05) is 0 Å². The van der Waals surface area contributed by atoms with Crippen molar-refractivity contribution < 1.29 is 4.74 Å². The number of aromatic amines is 1. The molecule has 0 saturated carbocycles. The third kappa shape index (κ3) is 2.75. The normalized spacial score (nSPS) is 10.3. The minimum Gasteiger partial charge on any atom is -0.497 e. The molecule has 0 unspecified atom stereocenters. The Bertz CT molecular complexity index is 627. The molecule has 94 valence electrons. The van der Waals surface area contributed by atoms with Gasteiger partial charge in [-0.3, -0.25) is 4.79 Å². The van der Waals surface area contributed by atoms with Gasteiger partial charge in [-0.25, -0.2) is 4.98 Å². The number of nitrogens with zero attached hydrogens (tertiary/aromatic N) is 1. The summed E-state index contributed by atoms with van der Waals surface area (Å²) in [4.78, 5) is 18.6. The Morgan fingerprint density at radius 3 is 2.78 bits per heavy atom. The molecule has 6 nitrogen and oxygen atoms in total. The number of nitrogens with one attached hydrogen (secondary N) is 1. The van der Waals surface area contributed by atoms with Crippen LogP contribution in [0, 0.1) is 0 Å². The fourth-order valence-electron chi connectivity index (χ4n) is 1.34. The summed E-state index contributed by atoms with van der Waals surface area (Å²) in [6, 6.07) is 6.47. The van der Waals surface area contributed by atoms with Gasteiger partial charge in [0.1, 0.15) is 11.6 Å². The maximum absolute atomic E-state index is 11.3. The topological polar surface area (TPSA) is 107 Å². The number of anilines is 2. The fraction of sp³-hybridized carbons (Fsp3) is 0.0909. The number of ether oxygens (including phenoxy) is 1. The molecule has 1 aromatic heterocycles. The van der Waals surface area contributed by atoms with E-state index in [1.54, 1.807) is 25.3 Å². The van der Waals surface area contributed by atoms with Gasteiger partial charge in [0.05, 0.1) is 7.11 Å². The van der Waals surface area contributed by atoms with E-state index >= 15 is 0 Å². The largest absolute Gasteiger partial charge is 0.497 e. The van der Waals surface area contributed by atoms with E-state index in [0.29, 0.717) is 16.6 Å². The zero-order chi connectivity index (χ0) is 13.1. The van der Waals surface area contributed by atoms with Gasteiger partial charge in [0.25, 0.3) is 5.56 Å². The number of aromatic nitrogens is 2. The lowest BCUT2D eigenvalue weighted by molar-refractivity contribution is 0.414. The molecule has 18 heavy (non-hydrogen) atoms. The highest BCUT2D eigenvalue weighted by molar-refractivity contribution is 7.99. The number of nitrogen functional groups attached to an aromatic ring is 2. The number of H-pyrrole nitrogens is 1. The highest BCUT2D eigenvalue weighted by atomic mass is 32.2. The molecular formula is C11H12N4O2S. The molecule has 0 bridgehead atoms. The molecule has 0 atom stereocenters. The van der Waals surface area contributed by atoms with Gasteiger partial charge in [-0.05, 0) is 30.0 Å². The van der Waals surface area contributed by atoms with Gasteiger partial charge in [0.2, 0.25) is 0 Å². The minimum absolute atomic E-state index is 0.169. The zero-order valence-electron chi connectivity index (χ0n) is 9.64. The first kappa shape index (κ1) is 12.3. The first-order valence-corrected chi connectivity index (χ1v) is 5.88. The fourth-order valence-corrected chi connectivity index (χ4v) is 2.21. The van der Waals surface area contributed by atoms with Gasteiger partial charge >= 0.3 is 0 Å². The Hall–Kier alpha value is -2.15. The van der Waals surface area contributed by atoms with Crippen LogP contribution in [0.25, 0.3) is 0 Å². The highest BCUT2D eigenvalue weighted by Gasteiger charge is 2.06. The second-order valence-electron chi connectivity index (χ2n) is 3.48. The van der Waals surface area contributed by atoms with Crippen LogP contribution in [0.3, 0.4) is 0 Å². The van der Waals surface area contributed by atoms with Crippen LogP contribution in [0.5, 0.6) is 5.75 Å². The maximum Gasteiger partial charge on any atom is 0.253 e. The van der Waals surface area contributed by atoms with E-state index in [9.17, 15) is 4.79 Å². The minimum atomic E-state index is -0.300. The maximum atomic E-state index is 11.3. The Morgan fingerprint density at radius 2 is 2.11 bits per heavy atom. The molecule has 0 saturated heterocycles. The zero-order valence-corrected chi connectivity index (χ0v) is 10.5. The number of nitrogens with two attached hydrogens (primary N) is 2. The van der Waals surface area contributed by atoms with Crippen molar-refractivity contribution in [1.82, 2.24) is 9.97 Å². The summed E-state index contributed by atoms with van der Waals surface area (Å²) in [5.74, 6) is 0.848. The molecule has 5 N–H and O–H groups in total. The number of methoxy groups -OCH3 is 1. The molecule has 7 heteroatoms. The smallest absolute Gasteiger partial charge is 0.253 e. The molecule has 0 aliphatic heterocycles. The Morgan fingerprint density at radius 1 is 1.33 bits per heavy atom. The predicted molar refractivity (Wildman–Crippen MR) is 70.8 cm³/mol. The average Bonchev–Trinajstić information content (AvgIpc) is 2.30. The van der Waals surface area contributed by atoms with Crippen molar-refractivity contribution in [2.45, 2.75) is 10.1 Å². The Kier molecular flexibility index (Phi) is 3.42. The summed E-state index contributed by atoms with van der Waals surface area (Å²) in [5, 5.41) is 0.389. The standard InChI is InChI=1S/C11H12N4O2S/c1-17-6-2-3-7(12)8(4-6)18-11-14-9(13)5-10(16)15-11/h2-5H,12H2,1H3,(H3,13,14,15,16). The van der Waals surface area contributed by atoms with Gasteiger partial charge in [-0.1, -0.05) is 0 Å². The first-order valence-electron chi connectivity index (χ1n) is 5.06. The molecule has 2 rings (SSSR count). The summed E-state index contributed by atoms with van der Waals surface area (Å²) < 4.78 is 5.11. The van der Waals surface area contributed by atoms with E-state index in [1.165, 1.54) is 17.8 Å². The third-order valence-corrected chi connectivity index (χ3v) is 3.13. The van der Waals surface area contributed by atoms with E-state index in [0.717, 1.165) is 4.90 Å². The van der Waals surface area contributed by atoms with Gasteiger partial charge in [-0.15, -0.1) is 0 Å². The van der Waals surface area contributed by atoms with Crippen molar-refractivity contribution >= 4 is 23.3 Å². The van der Waals surface area contributed by atoms with E-state index in [4.69, 9.17) is 16.2 Å². The average molecular weight is 264 g/mol. The lowest BCUT2D eigenvalue weighted by Gasteiger charge is -2.07. The highest BCUT2D eigenvalue weighted by Crippen LogP contribution is 2.32. The lowest BCUT2D eigenvalue weighted by Crippen LogP contribution is -2.09. The van der Waals surface area contributed by atoms with E-state index in [2.05, 4.69) is 9.97 Å². The molecule has 0 spiro atoms. The molecule has 0 aliphatic carbocycles. The van der Waals surface area contributed by atoms with Crippen LogP contribution in [-0.4, -0.2) is 17.1 Å². The van der Waals surface area contributed by atoms with Gasteiger partial charge in [-0.2, -0.15) is 0 Å². The van der Waals surface area contributed by atoms with Crippen LogP contribution < -0.4 is 21.8 Å². The predicted octanol–water partition coefficient (Wildman–Crippen LogP) is 1.09. The van der Waals surface area contributed by atoms with Crippen LogP contribution in [0.2, 0.25) is 0 Å². The summed E-state index contributed by atoms with van der Waals surface area (Å²) in [6.45, 7) is 0. The van der Waals surface area contributed by atoms with Crippen molar-refractivity contribution in [2.24, 2.45) is 0 Å². The van der Waals surface area contributed by atoms with Crippen molar-refractivity contribution in [1.29, 1.82) is 0 Å². The summed E-state index contributed by atoms with van der Waals surface area (Å²) in [7, 11) is 1.57. The van der Waals surface area contributed by atoms with Crippen molar-refractivity contribution in [3.05, 3.63) is 34.6 Å². The molecule has 0 radical (unpaired) electrons. The number of hydrogen-bond acceptors (Lipinski definition) is 6. The molecule has 2 aromatic rings. The monoisotopic (exact) mass is 264 g/mol.